The van der Waals surface area contributed by atoms with Crippen LogP contribution >= 0.6 is 23.8 Å². The van der Waals surface area contributed by atoms with E-state index in [-0.39, 0.29) is 17.8 Å². The van der Waals surface area contributed by atoms with E-state index < -0.39 is 0 Å². The molecule has 4 aromatic rings. The molecule has 2 atom stereocenters. The van der Waals surface area contributed by atoms with Gasteiger partial charge >= 0.3 is 0 Å². The number of thiocarbonyl (C=S) groups is 1. The topological polar surface area (TPSA) is 56.6 Å². The van der Waals surface area contributed by atoms with Gasteiger partial charge in [0, 0.05) is 36.4 Å². The second kappa shape index (κ2) is 10.8. The van der Waals surface area contributed by atoms with E-state index >= 15 is 0 Å². The van der Waals surface area contributed by atoms with Gasteiger partial charge in [-0.05, 0) is 98.9 Å². The van der Waals surface area contributed by atoms with Gasteiger partial charge in [-0.1, -0.05) is 36.7 Å². The Hall–Kier alpha value is -3.55. The summed E-state index contributed by atoms with van der Waals surface area (Å²) in [6, 6.07) is 21.5. The molecular weight excluding hydrogens is 538 g/mol. The van der Waals surface area contributed by atoms with Gasteiger partial charge in [0.25, 0.3) is 0 Å². The Morgan fingerprint density at radius 1 is 0.975 bits per heavy atom. The molecule has 4 heterocycles. The molecule has 0 spiro atoms. The maximum atomic E-state index is 10.7. The summed E-state index contributed by atoms with van der Waals surface area (Å²) in [6.45, 7) is 8.52. The lowest BCUT2D eigenvalue weighted by Gasteiger charge is -2.33. The summed E-state index contributed by atoms with van der Waals surface area (Å²) in [7, 11) is 0. The number of phenols is 1. The molecule has 2 N–H and O–H groups in total. The van der Waals surface area contributed by atoms with Gasteiger partial charge in [0.15, 0.2) is 5.11 Å². The molecule has 8 heteroatoms. The van der Waals surface area contributed by atoms with Crippen LogP contribution in [0.2, 0.25) is 5.02 Å². The molecule has 2 aromatic heterocycles. The highest BCUT2D eigenvalue weighted by Gasteiger charge is 2.42. The van der Waals surface area contributed by atoms with Gasteiger partial charge in [0.05, 0.1) is 34.2 Å². The van der Waals surface area contributed by atoms with Crippen molar-refractivity contribution in [1.82, 2.24) is 14.9 Å². The van der Waals surface area contributed by atoms with Crippen LogP contribution in [0.3, 0.4) is 0 Å². The van der Waals surface area contributed by atoms with Crippen LogP contribution < -0.4 is 15.1 Å². The average molecular weight is 572 g/mol. The number of nitrogens with one attached hydrogen (secondary N) is 1. The maximum absolute atomic E-state index is 10.7. The molecule has 0 bridgehead atoms. The number of piperidine rings is 1. The number of nitrogens with zero attached hydrogens (tertiary/aromatic N) is 4. The Morgan fingerprint density at radius 3 is 2.42 bits per heavy atom. The van der Waals surface area contributed by atoms with Crippen molar-refractivity contribution in [2.24, 2.45) is 5.92 Å². The van der Waals surface area contributed by atoms with Crippen LogP contribution in [0.25, 0.3) is 5.69 Å². The Bertz CT molecular complexity index is 1550. The van der Waals surface area contributed by atoms with Crippen LogP contribution in [0.15, 0.2) is 72.9 Å². The summed E-state index contributed by atoms with van der Waals surface area (Å²) in [5.41, 5.74) is 6.84. The first-order valence-electron chi connectivity index (χ1n) is 13.9. The van der Waals surface area contributed by atoms with Crippen molar-refractivity contribution < 1.29 is 5.11 Å². The number of para-hydroxylation sites is 2. The summed E-state index contributed by atoms with van der Waals surface area (Å²) in [5.74, 6) is 0.993. The van der Waals surface area contributed by atoms with Gasteiger partial charge in [-0.2, -0.15) is 0 Å². The van der Waals surface area contributed by atoms with Crippen molar-refractivity contribution in [2.45, 2.75) is 45.7 Å². The predicted octanol–water partition coefficient (Wildman–Crippen LogP) is 7.26. The zero-order valence-electron chi connectivity index (χ0n) is 23.0. The predicted molar refractivity (Wildman–Crippen MR) is 167 cm³/mol. The number of pyridine rings is 1. The van der Waals surface area contributed by atoms with Crippen molar-refractivity contribution in [3.63, 3.8) is 0 Å². The molecule has 40 heavy (non-hydrogen) atoms. The number of hydrogen-bond donors (Lipinski definition) is 2. The number of aryl methyl sites for hydroxylation is 1. The molecule has 0 radical (unpaired) electrons. The molecule has 2 aliphatic heterocycles. The summed E-state index contributed by atoms with van der Waals surface area (Å²) in [5, 5.41) is 15.6. The van der Waals surface area contributed by atoms with Gasteiger partial charge in [0.1, 0.15) is 5.75 Å². The lowest BCUT2D eigenvalue weighted by Crippen LogP contribution is -2.33. The van der Waals surface area contributed by atoms with Gasteiger partial charge in [0.2, 0.25) is 0 Å². The minimum absolute atomic E-state index is 0.172. The molecule has 2 aliphatic rings. The van der Waals surface area contributed by atoms with E-state index in [2.05, 4.69) is 58.7 Å². The highest BCUT2D eigenvalue weighted by Crippen LogP contribution is 2.45. The number of benzene rings is 2. The molecule has 0 amide bonds. The van der Waals surface area contributed by atoms with Crippen LogP contribution in [0, 0.1) is 19.8 Å². The lowest BCUT2D eigenvalue weighted by atomic mass is 9.96. The Labute approximate surface area is 246 Å². The third-order valence-electron chi connectivity index (χ3n) is 8.34. The van der Waals surface area contributed by atoms with Crippen molar-refractivity contribution >= 4 is 40.3 Å². The van der Waals surface area contributed by atoms with E-state index in [4.69, 9.17) is 28.8 Å². The number of aromatic nitrogens is 2. The van der Waals surface area contributed by atoms with Crippen LogP contribution in [-0.4, -0.2) is 32.9 Å². The summed E-state index contributed by atoms with van der Waals surface area (Å²) < 4.78 is 2.10. The summed E-state index contributed by atoms with van der Waals surface area (Å²) in [6.07, 6.45) is 4.17. The first-order chi connectivity index (χ1) is 19.3. The SMILES string of the molecule is Cc1cc([C@@H]2[C@H](c3ccccn3)NC(=S)N2c2ccc(N3CCC(C)CC3)c(Cl)c2)c(C)n1-c1ccccc1O. The van der Waals surface area contributed by atoms with Crippen LogP contribution in [0.5, 0.6) is 5.75 Å². The number of hydrogen-bond acceptors (Lipinski definition) is 4. The van der Waals surface area contributed by atoms with Gasteiger partial charge in [-0.25, -0.2) is 0 Å². The molecule has 206 valence electrons. The Balaban J connectivity index is 1.45. The molecule has 2 aromatic carbocycles. The first-order valence-corrected chi connectivity index (χ1v) is 14.6. The zero-order chi connectivity index (χ0) is 28.0. The van der Waals surface area contributed by atoms with Crippen molar-refractivity contribution in [1.29, 1.82) is 0 Å². The fourth-order valence-electron chi connectivity index (χ4n) is 6.21. The normalized spacial score (nSPS) is 19.8. The molecule has 6 rings (SSSR count). The molecule has 0 aliphatic carbocycles. The van der Waals surface area contributed by atoms with Crippen molar-refractivity contribution in [3.05, 3.63) is 101 Å². The fourth-order valence-corrected chi connectivity index (χ4v) is 6.85. The zero-order valence-corrected chi connectivity index (χ0v) is 24.6. The minimum Gasteiger partial charge on any atom is -0.506 e. The maximum Gasteiger partial charge on any atom is 0.174 e. The minimum atomic E-state index is -0.175. The highest BCUT2D eigenvalue weighted by atomic mass is 35.5. The summed E-state index contributed by atoms with van der Waals surface area (Å²) in [4.78, 5) is 9.26. The quantitative estimate of drug-likeness (QED) is 0.246. The second-order valence-corrected chi connectivity index (χ2v) is 11.7. The van der Waals surface area contributed by atoms with E-state index in [0.717, 1.165) is 63.7 Å². The van der Waals surface area contributed by atoms with E-state index in [1.165, 1.54) is 12.8 Å². The van der Waals surface area contributed by atoms with E-state index in [9.17, 15) is 5.11 Å². The number of aromatic hydroxyl groups is 1. The molecule has 2 fully saturated rings. The van der Waals surface area contributed by atoms with E-state index in [1.807, 2.05) is 48.7 Å². The monoisotopic (exact) mass is 571 g/mol. The molecule has 6 nitrogen and oxygen atoms in total. The lowest BCUT2D eigenvalue weighted by molar-refractivity contribution is 0.438. The Kier molecular flexibility index (Phi) is 7.19. The van der Waals surface area contributed by atoms with E-state index in [1.54, 1.807) is 6.07 Å². The van der Waals surface area contributed by atoms with Gasteiger partial charge in [-0.15, -0.1) is 0 Å². The van der Waals surface area contributed by atoms with Crippen molar-refractivity contribution in [2.75, 3.05) is 22.9 Å². The van der Waals surface area contributed by atoms with E-state index in [0.29, 0.717) is 5.11 Å². The van der Waals surface area contributed by atoms with Crippen LogP contribution in [0.4, 0.5) is 11.4 Å². The standard InChI is InChI=1S/C32H34ClN5OS/c1-20-13-16-36(17-14-20)27-12-11-23(19-25(27)33)38-31(30(35-32(38)40)26-8-6-7-15-34-26)24-18-21(2)37(22(24)3)28-9-4-5-10-29(28)39/h4-12,15,18-20,30-31,39H,13-14,16-17H2,1-3H3,(H,35,40)/t30-,31+/m0/s1. The van der Waals surface area contributed by atoms with Crippen LogP contribution in [-0.2, 0) is 0 Å². The Morgan fingerprint density at radius 2 is 1.73 bits per heavy atom. The number of phenolic OH excluding ortho intramolecular Hbond substituents is 1. The molecular formula is C32H34ClN5OS. The first kappa shape index (κ1) is 26.7. The smallest absolute Gasteiger partial charge is 0.174 e. The highest BCUT2D eigenvalue weighted by molar-refractivity contribution is 7.80. The summed E-state index contributed by atoms with van der Waals surface area (Å²) >= 11 is 12.9. The average Bonchev–Trinajstić information content (AvgIpc) is 3.45. The third kappa shape index (κ3) is 4.71. The van der Waals surface area contributed by atoms with Crippen molar-refractivity contribution in [3.8, 4) is 11.4 Å². The molecule has 0 unspecified atom stereocenters. The van der Waals surface area contributed by atoms with Crippen LogP contribution in [0.1, 0.15) is 54.5 Å². The largest absolute Gasteiger partial charge is 0.506 e. The third-order valence-corrected chi connectivity index (χ3v) is 8.96. The molecule has 0 saturated carbocycles. The van der Waals surface area contributed by atoms with Gasteiger partial charge < -0.3 is 24.8 Å². The fraction of sp³-hybridized carbons (Fsp3) is 0.312. The molecule has 2 saturated heterocycles. The van der Waals surface area contributed by atoms with Gasteiger partial charge in [-0.3, -0.25) is 4.98 Å². The second-order valence-electron chi connectivity index (χ2n) is 11.0. The number of rotatable bonds is 5. The number of anilines is 2. The number of halogens is 1.